The largest absolute Gasteiger partial charge is 0.493 e. The Balaban J connectivity index is 1.89. The van der Waals surface area contributed by atoms with E-state index in [0.717, 1.165) is 10.4 Å². The molecule has 1 aromatic carbocycles. The van der Waals surface area contributed by atoms with Crippen LogP contribution >= 0.6 is 22.9 Å². The first-order chi connectivity index (χ1) is 11.6. The number of nitrogens with zero attached hydrogens (tertiary/aromatic N) is 2. The number of thiophene rings is 1. The number of halogens is 1. The van der Waals surface area contributed by atoms with Crippen LogP contribution in [-0.4, -0.2) is 24.4 Å². The molecule has 0 bridgehead atoms. The van der Waals surface area contributed by atoms with Gasteiger partial charge in [-0.2, -0.15) is 4.98 Å². The van der Waals surface area contributed by atoms with Crippen molar-refractivity contribution in [3.63, 3.8) is 0 Å². The minimum absolute atomic E-state index is 0.271. The highest BCUT2D eigenvalue weighted by Gasteiger charge is 2.14. The maximum Gasteiger partial charge on any atom is 0.269 e. The molecule has 2 heterocycles. The molecule has 7 heteroatoms. The van der Waals surface area contributed by atoms with Crippen LogP contribution in [0.15, 0.2) is 34.9 Å². The Kier molecular flexibility index (Phi) is 4.87. The summed E-state index contributed by atoms with van der Waals surface area (Å²) in [5, 5.41) is 4.38. The van der Waals surface area contributed by atoms with Crippen LogP contribution in [0.2, 0.25) is 0 Å². The molecule has 0 aliphatic heterocycles. The van der Waals surface area contributed by atoms with E-state index in [1.54, 1.807) is 37.7 Å². The predicted molar refractivity (Wildman–Crippen MR) is 95.6 cm³/mol. The molecule has 5 nitrogen and oxygen atoms in total. The number of hydrogen-bond acceptors (Lipinski definition) is 6. The lowest BCUT2D eigenvalue weighted by molar-refractivity contribution is 0.355. The van der Waals surface area contributed by atoms with E-state index in [1.807, 2.05) is 31.2 Å². The second-order valence-electron chi connectivity index (χ2n) is 4.93. The van der Waals surface area contributed by atoms with Gasteiger partial charge in [0.05, 0.1) is 14.2 Å². The summed E-state index contributed by atoms with van der Waals surface area (Å²) >= 11 is 7.93. The summed E-state index contributed by atoms with van der Waals surface area (Å²) < 4.78 is 15.8. The average Bonchev–Trinajstić information content (AvgIpc) is 3.23. The second kappa shape index (κ2) is 7.07. The van der Waals surface area contributed by atoms with E-state index in [9.17, 15) is 0 Å². The van der Waals surface area contributed by atoms with Crippen molar-refractivity contribution >= 4 is 34.0 Å². The fourth-order valence-electron chi connectivity index (χ4n) is 2.13. The molecule has 0 aliphatic rings. The van der Waals surface area contributed by atoms with Gasteiger partial charge in [-0.25, -0.2) is 0 Å². The number of aryl methyl sites for hydroxylation is 1. The van der Waals surface area contributed by atoms with Gasteiger partial charge < -0.3 is 14.0 Å². The van der Waals surface area contributed by atoms with Gasteiger partial charge >= 0.3 is 0 Å². The van der Waals surface area contributed by atoms with Crippen molar-refractivity contribution in [1.82, 2.24) is 10.1 Å². The van der Waals surface area contributed by atoms with E-state index in [1.165, 1.54) is 4.88 Å². The van der Waals surface area contributed by atoms with Crippen molar-refractivity contribution < 1.29 is 14.0 Å². The molecule has 2 aromatic heterocycles. The molecular formula is C17H15ClN2O3S. The molecule has 0 atom stereocenters. The summed E-state index contributed by atoms with van der Waals surface area (Å²) in [4.78, 5) is 6.59. The summed E-state index contributed by atoms with van der Waals surface area (Å²) in [5.74, 6) is 1.93. The number of hydrogen-bond donors (Lipinski definition) is 0. The Morgan fingerprint density at radius 3 is 2.62 bits per heavy atom. The minimum Gasteiger partial charge on any atom is -0.493 e. The highest BCUT2D eigenvalue weighted by molar-refractivity contribution is 7.12. The number of methoxy groups -OCH3 is 2. The number of rotatable bonds is 5. The normalized spacial score (nSPS) is 11.6. The molecule has 0 spiro atoms. The van der Waals surface area contributed by atoms with Crippen LogP contribution in [0.5, 0.6) is 11.5 Å². The minimum atomic E-state index is 0.271. The first-order valence-electron chi connectivity index (χ1n) is 7.11. The molecular weight excluding hydrogens is 348 g/mol. The van der Waals surface area contributed by atoms with E-state index < -0.39 is 0 Å². The van der Waals surface area contributed by atoms with Crippen LogP contribution in [0.1, 0.15) is 15.6 Å². The molecule has 0 radical (unpaired) electrons. The van der Waals surface area contributed by atoms with E-state index in [-0.39, 0.29) is 5.89 Å². The van der Waals surface area contributed by atoms with Crippen molar-refractivity contribution in [1.29, 1.82) is 0 Å². The quantitative estimate of drug-likeness (QED) is 0.648. The van der Waals surface area contributed by atoms with E-state index in [2.05, 4.69) is 10.1 Å². The molecule has 0 unspecified atom stereocenters. The summed E-state index contributed by atoms with van der Waals surface area (Å²) in [6.45, 7) is 2.04. The van der Waals surface area contributed by atoms with Crippen LogP contribution in [0, 0.1) is 6.92 Å². The van der Waals surface area contributed by atoms with E-state index in [4.69, 9.17) is 25.6 Å². The maximum atomic E-state index is 6.28. The van der Waals surface area contributed by atoms with Gasteiger partial charge in [-0.15, -0.1) is 11.3 Å². The fourth-order valence-corrected chi connectivity index (χ4v) is 3.21. The molecule has 24 heavy (non-hydrogen) atoms. The smallest absolute Gasteiger partial charge is 0.269 e. The number of benzene rings is 1. The van der Waals surface area contributed by atoms with Gasteiger partial charge in [0.15, 0.2) is 11.5 Å². The van der Waals surface area contributed by atoms with Gasteiger partial charge in [0, 0.05) is 15.3 Å². The predicted octanol–water partition coefficient (Wildman–Crippen LogP) is 4.86. The van der Waals surface area contributed by atoms with Crippen LogP contribution in [0.3, 0.4) is 0 Å². The molecule has 3 rings (SSSR count). The molecule has 0 saturated carbocycles. The average molecular weight is 363 g/mol. The molecule has 0 aliphatic carbocycles. The molecule has 0 amide bonds. The Hall–Kier alpha value is -2.31. The number of ether oxygens (including phenoxy) is 2. The van der Waals surface area contributed by atoms with Crippen LogP contribution in [-0.2, 0) is 0 Å². The summed E-state index contributed by atoms with van der Waals surface area (Å²) in [6, 6.07) is 9.43. The molecule has 124 valence electrons. The third-order valence-corrected chi connectivity index (χ3v) is 4.52. The lowest BCUT2D eigenvalue weighted by Gasteiger charge is -2.07. The lowest BCUT2D eigenvalue weighted by Crippen LogP contribution is -1.91. The second-order valence-corrected chi connectivity index (χ2v) is 6.66. The van der Waals surface area contributed by atoms with Crippen LogP contribution in [0.4, 0.5) is 0 Å². The Bertz CT molecular complexity index is 886. The van der Waals surface area contributed by atoms with Crippen molar-refractivity contribution in [3.8, 4) is 22.9 Å². The van der Waals surface area contributed by atoms with Crippen molar-refractivity contribution in [3.05, 3.63) is 46.0 Å². The van der Waals surface area contributed by atoms with Gasteiger partial charge in [-0.05, 0) is 43.3 Å². The van der Waals surface area contributed by atoms with Gasteiger partial charge in [0.1, 0.15) is 5.03 Å². The highest BCUT2D eigenvalue weighted by atomic mass is 35.5. The zero-order chi connectivity index (χ0) is 17.1. The van der Waals surface area contributed by atoms with Crippen LogP contribution < -0.4 is 9.47 Å². The van der Waals surface area contributed by atoms with Crippen LogP contribution in [0.25, 0.3) is 22.5 Å². The monoisotopic (exact) mass is 362 g/mol. The highest BCUT2D eigenvalue weighted by Crippen LogP contribution is 2.32. The van der Waals surface area contributed by atoms with E-state index in [0.29, 0.717) is 22.4 Å². The molecule has 0 fully saturated rings. The third-order valence-electron chi connectivity index (χ3n) is 3.30. The summed E-state index contributed by atoms with van der Waals surface area (Å²) in [6.07, 6.45) is 1.81. The molecule has 0 N–H and O–H groups in total. The first kappa shape index (κ1) is 16.5. The van der Waals surface area contributed by atoms with Gasteiger partial charge in [-0.1, -0.05) is 16.8 Å². The lowest BCUT2D eigenvalue weighted by atomic mass is 10.2. The van der Waals surface area contributed by atoms with E-state index >= 15 is 0 Å². The molecule has 3 aromatic rings. The van der Waals surface area contributed by atoms with Crippen molar-refractivity contribution in [2.45, 2.75) is 6.92 Å². The topological polar surface area (TPSA) is 57.4 Å². The van der Waals surface area contributed by atoms with Crippen molar-refractivity contribution in [2.75, 3.05) is 14.2 Å². The van der Waals surface area contributed by atoms with Gasteiger partial charge in [0.25, 0.3) is 5.89 Å². The fraction of sp³-hybridized carbons (Fsp3) is 0.176. The Labute approximate surface area is 148 Å². The zero-order valence-electron chi connectivity index (χ0n) is 13.4. The molecule has 0 saturated heterocycles. The SMILES string of the molecule is COc1ccc(-c2noc(/C(Cl)=C/c3ccc(C)s3)n2)cc1OC. The van der Waals surface area contributed by atoms with Gasteiger partial charge in [-0.3, -0.25) is 0 Å². The third kappa shape index (κ3) is 3.44. The van der Waals surface area contributed by atoms with Crippen molar-refractivity contribution in [2.24, 2.45) is 0 Å². The Morgan fingerprint density at radius 1 is 1.17 bits per heavy atom. The Morgan fingerprint density at radius 2 is 1.96 bits per heavy atom. The first-order valence-corrected chi connectivity index (χ1v) is 8.30. The summed E-state index contributed by atoms with van der Waals surface area (Å²) in [7, 11) is 3.16. The standard InChI is InChI=1S/C17H15ClN2O3S/c1-10-4-6-12(24-10)9-13(18)17-19-16(20-23-17)11-5-7-14(21-2)15(8-11)22-3/h4-9H,1-3H3/b13-9-. The maximum absolute atomic E-state index is 6.28. The zero-order valence-corrected chi connectivity index (χ0v) is 14.9. The number of aromatic nitrogens is 2. The summed E-state index contributed by atoms with van der Waals surface area (Å²) in [5.41, 5.74) is 0.749. The van der Waals surface area contributed by atoms with Gasteiger partial charge in [0.2, 0.25) is 5.82 Å².